The van der Waals surface area contributed by atoms with Gasteiger partial charge in [-0.25, -0.2) is 0 Å². The van der Waals surface area contributed by atoms with Crippen LogP contribution in [-0.2, 0) is 6.54 Å². The largest absolute Gasteiger partial charge is 0.495 e. The van der Waals surface area contributed by atoms with Gasteiger partial charge in [0.2, 0.25) is 0 Å². The van der Waals surface area contributed by atoms with Crippen molar-refractivity contribution < 1.29 is 4.74 Å². The molecule has 116 valence electrons. The lowest BCUT2D eigenvalue weighted by molar-refractivity contribution is 0.415. The molecule has 0 bridgehead atoms. The molecule has 1 heterocycles. The molecule has 4 nitrogen and oxygen atoms in total. The number of ether oxygens (including phenoxy) is 1. The molecule has 0 amide bonds. The van der Waals surface area contributed by atoms with Gasteiger partial charge in [-0.05, 0) is 61.5 Å². The van der Waals surface area contributed by atoms with Crippen LogP contribution in [0.5, 0.6) is 5.75 Å². The van der Waals surface area contributed by atoms with E-state index in [1.165, 1.54) is 5.56 Å². The molecule has 22 heavy (non-hydrogen) atoms. The molecule has 0 radical (unpaired) electrons. The van der Waals surface area contributed by atoms with Gasteiger partial charge in [-0.3, -0.25) is 4.98 Å². The zero-order valence-electron chi connectivity index (χ0n) is 13.2. The third-order valence-corrected chi connectivity index (χ3v) is 3.75. The van der Waals surface area contributed by atoms with Crippen LogP contribution in [-0.4, -0.2) is 28.7 Å². The Morgan fingerprint density at radius 1 is 1.27 bits per heavy atom. The zero-order valence-corrected chi connectivity index (χ0v) is 14.0. The van der Waals surface area contributed by atoms with E-state index in [4.69, 9.17) is 17.0 Å². The summed E-state index contributed by atoms with van der Waals surface area (Å²) in [7, 11) is 1.66. The van der Waals surface area contributed by atoms with E-state index in [1.807, 2.05) is 37.3 Å². The van der Waals surface area contributed by atoms with Gasteiger partial charge in [0.15, 0.2) is 5.11 Å². The molecule has 1 aromatic carbocycles. The van der Waals surface area contributed by atoms with Crippen LogP contribution in [0, 0.1) is 6.92 Å². The van der Waals surface area contributed by atoms with E-state index in [0.717, 1.165) is 30.1 Å². The van der Waals surface area contributed by atoms with E-state index in [-0.39, 0.29) is 0 Å². The molecule has 0 aliphatic heterocycles. The van der Waals surface area contributed by atoms with Crippen molar-refractivity contribution in [2.45, 2.75) is 20.4 Å². The number of aryl methyl sites for hydroxylation is 1. The molecule has 1 N–H and O–H groups in total. The lowest BCUT2D eigenvalue weighted by Gasteiger charge is -2.25. The number of pyridine rings is 1. The second-order valence-electron chi connectivity index (χ2n) is 5.00. The Labute approximate surface area is 137 Å². The first kappa shape index (κ1) is 16.2. The number of thiocarbonyl (C=S) groups is 1. The molecule has 0 saturated heterocycles. The summed E-state index contributed by atoms with van der Waals surface area (Å²) in [6.45, 7) is 5.70. The Bertz CT molecular complexity index is 631. The van der Waals surface area contributed by atoms with E-state index in [9.17, 15) is 0 Å². The average Bonchev–Trinajstić information content (AvgIpc) is 2.53. The molecule has 0 saturated carbocycles. The molecule has 0 aliphatic carbocycles. The smallest absolute Gasteiger partial charge is 0.173 e. The quantitative estimate of drug-likeness (QED) is 0.853. The predicted octanol–water partition coefficient (Wildman–Crippen LogP) is 3.62. The number of methoxy groups -OCH3 is 1. The van der Waals surface area contributed by atoms with Crippen molar-refractivity contribution >= 4 is 23.0 Å². The molecule has 1 aromatic heterocycles. The Hall–Kier alpha value is -2.14. The van der Waals surface area contributed by atoms with Crippen LogP contribution in [0.4, 0.5) is 5.69 Å². The minimum atomic E-state index is 0.684. The van der Waals surface area contributed by atoms with Crippen LogP contribution in [0.15, 0.2) is 42.7 Å². The number of benzene rings is 1. The molecule has 2 aromatic rings. The number of rotatable bonds is 5. The molecule has 2 rings (SSSR count). The second kappa shape index (κ2) is 7.75. The molecular weight excluding hydrogens is 294 g/mol. The number of anilines is 1. The highest BCUT2D eigenvalue weighted by Gasteiger charge is 2.11. The number of nitrogens with one attached hydrogen (secondary N) is 1. The summed E-state index contributed by atoms with van der Waals surface area (Å²) in [4.78, 5) is 6.14. The first-order valence-corrected chi connectivity index (χ1v) is 7.64. The van der Waals surface area contributed by atoms with Gasteiger partial charge < -0.3 is 15.0 Å². The van der Waals surface area contributed by atoms with Crippen molar-refractivity contribution in [3.8, 4) is 5.75 Å². The summed E-state index contributed by atoms with van der Waals surface area (Å²) in [5.74, 6) is 0.785. The molecule has 0 fully saturated rings. The summed E-state index contributed by atoms with van der Waals surface area (Å²) >= 11 is 5.55. The van der Waals surface area contributed by atoms with Crippen molar-refractivity contribution in [2.24, 2.45) is 0 Å². The van der Waals surface area contributed by atoms with Crippen LogP contribution >= 0.6 is 12.2 Å². The maximum Gasteiger partial charge on any atom is 0.173 e. The maximum atomic E-state index is 5.55. The highest BCUT2D eigenvalue weighted by molar-refractivity contribution is 7.80. The molecule has 5 heteroatoms. The lowest BCUT2D eigenvalue weighted by Crippen LogP contribution is -2.34. The number of nitrogens with zero attached hydrogens (tertiary/aromatic N) is 2. The fraction of sp³-hybridized carbons (Fsp3) is 0.294. The SMILES string of the molecule is CCN(Cc1ccncc1)C(=S)Nc1cc(C)ccc1OC. The van der Waals surface area contributed by atoms with Crippen molar-refractivity contribution in [3.63, 3.8) is 0 Å². The van der Waals surface area contributed by atoms with Crippen LogP contribution in [0.1, 0.15) is 18.1 Å². The third-order valence-electron chi connectivity index (χ3n) is 3.39. The van der Waals surface area contributed by atoms with Gasteiger partial charge in [0.25, 0.3) is 0 Å². The average molecular weight is 315 g/mol. The highest BCUT2D eigenvalue weighted by atomic mass is 32.1. The lowest BCUT2D eigenvalue weighted by atomic mass is 10.2. The number of hydrogen-bond acceptors (Lipinski definition) is 3. The Morgan fingerprint density at radius 3 is 2.64 bits per heavy atom. The van der Waals surface area contributed by atoms with Crippen molar-refractivity contribution in [1.29, 1.82) is 0 Å². The van der Waals surface area contributed by atoms with E-state index >= 15 is 0 Å². The van der Waals surface area contributed by atoms with Gasteiger partial charge in [-0.15, -0.1) is 0 Å². The van der Waals surface area contributed by atoms with Gasteiger partial charge >= 0.3 is 0 Å². The molecule has 0 atom stereocenters. The van der Waals surface area contributed by atoms with Crippen LogP contribution in [0.25, 0.3) is 0 Å². The molecular formula is C17H21N3OS. The molecule has 0 spiro atoms. The minimum absolute atomic E-state index is 0.684. The normalized spacial score (nSPS) is 10.1. The van der Waals surface area contributed by atoms with Gasteiger partial charge in [0.05, 0.1) is 12.8 Å². The van der Waals surface area contributed by atoms with Crippen LogP contribution in [0.2, 0.25) is 0 Å². The maximum absolute atomic E-state index is 5.55. The van der Waals surface area contributed by atoms with Crippen LogP contribution in [0.3, 0.4) is 0 Å². The summed E-state index contributed by atoms with van der Waals surface area (Å²) in [6.07, 6.45) is 3.59. The zero-order chi connectivity index (χ0) is 15.9. The number of hydrogen-bond donors (Lipinski definition) is 1. The van der Waals surface area contributed by atoms with Crippen LogP contribution < -0.4 is 10.1 Å². The highest BCUT2D eigenvalue weighted by Crippen LogP contribution is 2.25. The molecule has 0 unspecified atom stereocenters. The predicted molar refractivity (Wildman–Crippen MR) is 94.3 cm³/mol. The summed E-state index contributed by atoms with van der Waals surface area (Å²) < 4.78 is 5.38. The van der Waals surface area contributed by atoms with Gasteiger partial charge in [0.1, 0.15) is 5.75 Å². The fourth-order valence-corrected chi connectivity index (χ4v) is 2.45. The standard InChI is InChI=1S/C17H21N3OS/c1-4-20(12-14-7-9-18-10-8-14)17(22)19-15-11-13(2)5-6-16(15)21-3/h5-11H,4,12H2,1-3H3,(H,19,22). The van der Waals surface area contributed by atoms with Crippen molar-refractivity contribution in [1.82, 2.24) is 9.88 Å². The van der Waals surface area contributed by atoms with E-state index in [0.29, 0.717) is 5.11 Å². The summed E-state index contributed by atoms with van der Waals surface area (Å²) in [5, 5.41) is 3.97. The first-order valence-electron chi connectivity index (χ1n) is 7.23. The van der Waals surface area contributed by atoms with Crippen molar-refractivity contribution in [3.05, 3.63) is 53.9 Å². The van der Waals surface area contributed by atoms with Crippen molar-refractivity contribution in [2.75, 3.05) is 19.0 Å². The molecule has 0 aliphatic rings. The van der Waals surface area contributed by atoms with E-state index in [2.05, 4.69) is 22.1 Å². The van der Waals surface area contributed by atoms with Gasteiger partial charge in [0, 0.05) is 25.5 Å². The van der Waals surface area contributed by atoms with E-state index in [1.54, 1.807) is 19.5 Å². The first-order chi connectivity index (χ1) is 10.6. The summed E-state index contributed by atoms with van der Waals surface area (Å²) in [6, 6.07) is 9.99. The van der Waals surface area contributed by atoms with Gasteiger partial charge in [-0.2, -0.15) is 0 Å². The summed E-state index contributed by atoms with van der Waals surface area (Å²) in [5.41, 5.74) is 3.22. The fourth-order valence-electron chi connectivity index (χ4n) is 2.15. The monoisotopic (exact) mass is 315 g/mol. The van der Waals surface area contributed by atoms with Gasteiger partial charge in [-0.1, -0.05) is 6.07 Å². The minimum Gasteiger partial charge on any atom is -0.495 e. The number of aromatic nitrogens is 1. The third kappa shape index (κ3) is 4.18. The van der Waals surface area contributed by atoms with E-state index < -0.39 is 0 Å². The second-order valence-corrected chi connectivity index (χ2v) is 5.39. The Morgan fingerprint density at radius 2 is 2.00 bits per heavy atom. The Balaban J connectivity index is 2.11. The topological polar surface area (TPSA) is 37.4 Å². The Kier molecular flexibility index (Phi) is 5.72.